The van der Waals surface area contributed by atoms with E-state index in [4.69, 9.17) is 9.47 Å². The molecule has 1 aromatic heterocycles. The molecule has 1 fully saturated rings. The van der Waals surface area contributed by atoms with E-state index in [0.29, 0.717) is 18.0 Å². The number of nitriles is 1. The van der Waals surface area contributed by atoms with Crippen molar-refractivity contribution < 1.29 is 14.3 Å². The lowest BCUT2D eigenvalue weighted by molar-refractivity contribution is -0.117. The molecule has 2 aliphatic heterocycles. The molecule has 0 radical (unpaired) electrons. The van der Waals surface area contributed by atoms with E-state index in [-0.39, 0.29) is 12.4 Å². The zero-order chi connectivity index (χ0) is 20.1. The van der Waals surface area contributed by atoms with Crippen molar-refractivity contribution in [3.05, 3.63) is 59.9 Å². The number of benzene rings is 1. The van der Waals surface area contributed by atoms with Crippen LogP contribution in [0, 0.1) is 11.3 Å². The van der Waals surface area contributed by atoms with E-state index in [2.05, 4.69) is 15.2 Å². The zero-order valence-corrected chi connectivity index (χ0v) is 15.9. The summed E-state index contributed by atoms with van der Waals surface area (Å²) in [5, 5.41) is 12.2. The van der Waals surface area contributed by atoms with E-state index in [1.165, 1.54) is 0 Å². The van der Waals surface area contributed by atoms with Gasteiger partial charge in [-0.15, -0.1) is 0 Å². The molecule has 148 valence electrons. The van der Waals surface area contributed by atoms with Gasteiger partial charge in [-0.2, -0.15) is 5.26 Å². The molecule has 3 heterocycles. The average molecular weight is 391 g/mol. The van der Waals surface area contributed by atoms with Gasteiger partial charge in [0.1, 0.15) is 17.5 Å². The van der Waals surface area contributed by atoms with Gasteiger partial charge in [0.15, 0.2) is 11.5 Å². The van der Waals surface area contributed by atoms with Crippen LogP contribution in [0.2, 0.25) is 0 Å². The number of carbonyl (C=O) groups excluding carboxylic acids is 1. The molecule has 0 aliphatic carbocycles. The van der Waals surface area contributed by atoms with Crippen LogP contribution in [0.5, 0.6) is 11.5 Å². The molecule has 0 atom stereocenters. The number of piperazine rings is 1. The standard InChI is InChI=1S/C21H21N5O3/c22-12-17(14-25-7-9-26(10-8-25)20-3-1-2-6-23-20)21(27)24-13-16-4-5-18-19(11-16)29-15-28-18/h1-6,11,14H,7-10,13,15H2,(H,24,27)/b17-14-. The largest absolute Gasteiger partial charge is 0.454 e. The lowest BCUT2D eigenvalue weighted by atomic mass is 10.2. The summed E-state index contributed by atoms with van der Waals surface area (Å²) in [4.78, 5) is 21.0. The van der Waals surface area contributed by atoms with Crippen molar-refractivity contribution in [3.8, 4) is 17.6 Å². The predicted molar refractivity (Wildman–Crippen MR) is 106 cm³/mol. The van der Waals surface area contributed by atoms with Gasteiger partial charge in [0.25, 0.3) is 5.91 Å². The second-order valence-electron chi connectivity index (χ2n) is 6.74. The summed E-state index contributed by atoms with van der Waals surface area (Å²) < 4.78 is 10.6. The molecule has 1 aromatic carbocycles. The van der Waals surface area contributed by atoms with Crippen LogP contribution < -0.4 is 19.7 Å². The highest BCUT2D eigenvalue weighted by Gasteiger charge is 2.18. The fourth-order valence-corrected chi connectivity index (χ4v) is 3.27. The molecule has 0 saturated carbocycles. The summed E-state index contributed by atoms with van der Waals surface area (Å²) in [5.74, 6) is 1.91. The van der Waals surface area contributed by atoms with Gasteiger partial charge in [0, 0.05) is 45.1 Å². The van der Waals surface area contributed by atoms with E-state index in [1.54, 1.807) is 12.4 Å². The molecule has 0 spiro atoms. The third kappa shape index (κ3) is 4.41. The van der Waals surface area contributed by atoms with Crippen molar-refractivity contribution in [3.63, 3.8) is 0 Å². The van der Waals surface area contributed by atoms with E-state index in [9.17, 15) is 10.1 Å². The Kier molecular flexibility index (Phi) is 5.47. The number of aromatic nitrogens is 1. The van der Waals surface area contributed by atoms with E-state index >= 15 is 0 Å². The minimum atomic E-state index is -0.391. The number of hydrogen-bond acceptors (Lipinski definition) is 7. The van der Waals surface area contributed by atoms with Crippen molar-refractivity contribution in [1.82, 2.24) is 15.2 Å². The van der Waals surface area contributed by atoms with Gasteiger partial charge in [0.05, 0.1) is 0 Å². The molecule has 4 rings (SSSR count). The molecular formula is C21H21N5O3. The summed E-state index contributed by atoms with van der Waals surface area (Å²) in [5.41, 5.74) is 0.973. The monoisotopic (exact) mass is 391 g/mol. The van der Waals surface area contributed by atoms with Crippen molar-refractivity contribution in [2.45, 2.75) is 6.54 Å². The molecular weight excluding hydrogens is 370 g/mol. The van der Waals surface area contributed by atoms with Crippen molar-refractivity contribution in [2.24, 2.45) is 0 Å². The second-order valence-corrected chi connectivity index (χ2v) is 6.74. The fraction of sp³-hybridized carbons (Fsp3) is 0.286. The lowest BCUT2D eigenvalue weighted by Crippen LogP contribution is -2.44. The predicted octanol–water partition coefficient (Wildman–Crippen LogP) is 1.66. The minimum absolute atomic E-state index is 0.0945. The van der Waals surface area contributed by atoms with Crippen LogP contribution in [-0.2, 0) is 11.3 Å². The molecule has 8 heteroatoms. The van der Waals surface area contributed by atoms with Crippen LogP contribution in [-0.4, -0.2) is 48.8 Å². The Labute approximate surface area is 169 Å². The number of pyridine rings is 1. The van der Waals surface area contributed by atoms with Crippen molar-refractivity contribution in [1.29, 1.82) is 5.26 Å². The number of carbonyl (C=O) groups is 1. The average Bonchev–Trinajstić information content (AvgIpc) is 3.25. The summed E-state index contributed by atoms with van der Waals surface area (Å²) in [6.07, 6.45) is 3.42. The van der Waals surface area contributed by atoms with Gasteiger partial charge in [-0.05, 0) is 29.8 Å². The maximum Gasteiger partial charge on any atom is 0.263 e. The molecule has 0 unspecified atom stereocenters. The Balaban J connectivity index is 1.32. The number of amides is 1. The van der Waals surface area contributed by atoms with Crippen LogP contribution in [0.4, 0.5) is 5.82 Å². The number of ether oxygens (including phenoxy) is 2. The first kappa shape index (κ1) is 18.6. The summed E-state index contributed by atoms with van der Waals surface area (Å²) >= 11 is 0. The van der Waals surface area contributed by atoms with Crippen LogP contribution in [0.25, 0.3) is 0 Å². The van der Waals surface area contributed by atoms with E-state index in [1.807, 2.05) is 47.4 Å². The van der Waals surface area contributed by atoms with Gasteiger partial charge < -0.3 is 24.6 Å². The Morgan fingerprint density at radius 3 is 2.76 bits per heavy atom. The third-order valence-electron chi connectivity index (χ3n) is 4.85. The number of nitrogens with zero attached hydrogens (tertiary/aromatic N) is 4. The number of anilines is 1. The first-order chi connectivity index (χ1) is 14.2. The first-order valence-corrected chi connectivity index (χ1v) is 9.41. The molecule has 8 nitrogen and oxygen atoms in total. The maximum atomic E-state index is 12.4. The summed E-state index contributed by atoms with van der Waals surface area (Å²) in [7, 11) is 0. The Morgan fingerprint density at radius 1 is 1.17 bits per heavy atom. The SMILES string of the molecule is N#C/C(=C/N1CCN(c2ccccn2)CC1)C(=O)NCc1ccc2c(c1)OCO2. The molecule has 2 aliphatic rings. The Bertz CT molecular complexity index is 947. The minimum Gasteiger partial charge on any atom is -0.454 e. The third-order valence-corrected chi connectivity index (χ3v) is 4.85. The summed E-state index contributed by atoms with van der Waals surface area (Å²) in [6, 6.07) is 13.3. The second kappa shape index (κ2) is 8.52. The Morgan fingerprint density at radius 2 is 2.00 bits per heavy atom. The molecule has 29 heavy (non-hydrogen) atoms. The highest BCUT2D eigenvalue weighted by molar-refractivity contribution is 5.97. The van der Waals surface area contributed by atoms with E-state index in [0.717, 1.165) is 37.6 Å². The number of fused-ring (bicyclic) bond motifs is 1. The van der Waals surface area contributed by atoms with Crippen molar-refractivity contribution >= 4 is 11.7 Å². The number of nitrogens with one attached hydrogen (secondary N) is 1. The fourth-order valence-electron chi connectivity index (χ4n) is 3.27. The summed E-state index contributed by atoms with van der Waals surface area (Å²) in [6.45, 7) is 3.52. The van der Waals surface area contributed by atoms with Crippen LogP contribution in [0.15, 0.2) is 54.4 Å². The van der Waals surface area contributed by atoms with Gasteiger partial charge in [0.2, 0.25) is 6.79 Å². The molecule has 1 N–H and O–H groups in total. The van der Waals surface area contributed by atoms with E-state index < -0.39 is 5.91 Å². The number of hydrogen-bond donors (Lipinski definition) is 1. The molecule has 1 saturated heterocycles. The lowest BCUT2D eigenvalue weighted by Gasteiger charge is -2.34. The Hall–Kier alpha value is -3.73. The highest BCUT2D eigenvalue weighted by atomic mass is 16.7. The van der Waals surface area contributed by atoms with Gasteiger partial charge >= 0.3 is 0 Å². The van der Waals surface area contributed by atoms with Crippen LogP contribution in [0.1, 0.15) is 5.56 Å². The topological polar surface area (TPSA) is 90.7 Å². The van der Waals surface area contributed by atoms with Gasteiger partial charge in [-0.25, -0.2) is 4.98 Å². The van der Waals surface area contributed by atoms with Crippen molar-refractivity contribution in [2.75, 3.05) is 37.9 Å². The quantitative estimate of drug-likeness (QED) is 0.612. The molecule has 1 amide bonds. The van der Waals surface area contributed by atoms with Crippen LogP contribution >= 0.6 is 0 Å². The normalized spacial score (nSPS) is 15.8. The van der Waals surface area contributed by atoms with Crippen LogP contribution in [0.3, 0.4) is 0 Å². The highest BCUT2D eigenvalue weighted by Crippen LogP contribution is 2.32. The molecule has 0 bridgehead atoms. The maximum absolute atomic E-state index is 12.4. The number of rotatable bonds is 5. The molecule has 2 aromatic rings. The first-order valence-electron chi connectivity index (χ1n) is 9.41. The zero-order valence-electron chi connectivity index (χ0n) is 15.9. The smallest absolute Gasteiger partial charge is 0.263 e. The van der Waals surface area contributed by atoms with Gasteiger partial charge in [-0.3, -0.25) is 4.79 Å². The van der Waals surface area contributed by atoms with Gasteiger partial charge in [-0.1, -0.05) is 12.1 Å².